The molecule has 1 aromatic heterocycles. The van der Waals surface area contributed by atoms with Crippen molar-refractivity contribution in [2.45, 2.75) is 24.9 Å². The Morgan fingerprint density at radius 1 is 1.75 bits per heavy atom. The summed E-state index contributed by atoms with van der Waals surface area (Å²) in [6.07, 6.45) is -0.390. The number of primary amides is 1. The van der Waals surface area contributed by atoms with Gasteiger partial charge in [-0.3, -0.25) is 4.79 Å². The van der Waals surface area contributed by atoms with Crippen LogP contribution in [0.5, 0.6) is 0 Å². The fraction of sp³-hybridized carbons (Fsp3) is 0.625. The Morgan fingerprint density at radius 3 is 3.00 bits per heavy atom. The Balaban J connectivity index is 2.15. The van der Waals surface area contributed by atoms with Crippen molar-refractivity contribution in [2.75, 3.05) is 6.61 Å². The molecule has 8 heteroatoms. The van der Waals surface area contributed by atoms with Gasteiger partial charge in [-0.15, -0.1) is 5.10 Å². The maximum absolute atomic E-state index is 10.8. The summed E-state index contributed by atoms with van der Waals surface area (Å²) in [7, 11) is 0. The molecule has 8 nitrogen and oxygen atoms in total. The van der Waals surface area contributed by atoms with Crippen molar-refractivity contribution >= 4 is 5.91 Å². The number of carbonyl (C=O) groups is 1. The molecule has 0 aromatic carbocycles. The fourth-order valence-corrected chi connectivity index (χ4v) is 1.60. The van der Waals surface area contributed by atoms with Crippen LogP contribution in [0, 0.1) is 0 Å². The lowest BCUT2D eigenvalue weighted by atomic mass is 10.2. The number of hydrogen-bond donors (Lipinski definition) is 3. The van der Waals surface area contributed by atoms with E-state index in [-0.39, 0.29) is 12.4 Å². The van der Waals surface area contributed by atoms with Gasteiger partial charge in [0.1, 0.15) is 12.4 Å². The van der Waals surface area contributed by atoms with Crippen LogP contribution in [-0.2, 0) is 4.74 Å². The molecule has 16 heavy (non-hydrogen) atoms. The van der Waals surface area contributed by atoms with Gasteiger partial charge in [-0.1, -0.05) is 0 Å². The minimum atomic E-state index is -0.792. The number of carbonyl (C=O) groups excluding carboxylic acids is 1. The summed E-state index contributed by atoms with van der Waals surface area (Å²) < 4.78 is 6.53. The summed E-state index contributed by atoms with van der Waals surface area (Å²) in [5, 5.41) is 22.3. The molecule has 1 saturated heterocycles. The van der Waals surface area contributed by atoms with Crippen LogP contribution in [0.15, 0.2) is 6.33 Å². The highest BCUT2D eigenvalue weighted by Crippen LogP contribution is 2.27. The lowest BCUT2D eigenvalue weighted by Gasteiger charge is -2.13. The smallest absolute Gasteiger partial charge is 0.288 e. The van der Waals surface area contributed by atoms with Crippen molar-refractivity contribution in [3.63, 3.8) is 0 Å². The van der Waals surface area contributed by atoms with Gasteiger partial charge in [0.15, 0.2) is 6.23 Å². The van der Waals surface area contributed by atoms with Crippen molar-refractivity contribution in [3.05, 3.63) is 12.2 Å². The van der Waals surface area contributed by atoms with Crippen molar-refractivity contribution in [2.24, 2.45) is 5.73 Å². The van der Waals surface area contributed by atoms with Crippen molar-refractivity contribution in [1.29, 1.82) is 0 Å². The zero-order valence-electron chi connectivity index (χ0n) is 8.35. The van der Waals surface area contributed by atoms with E-state index in [2.05, 4.69) is 10.1 Å². The van der Waals surface area contributed by atoms with Crippen LogP contribution in [-0.4, -0.2) is 49.7 Å². The molecule has 1 aromatic rings. The van der Waals surface area contributed by atoms with Crippen LogP contribution in [0.25, 0.3) is 0 Å². The third-order valence-corrected chi connectivity index (χ3v) is 2.36. The predicted octanol–water partition coefficient (Wildman–Crippen LogP) is -1.98. The second kappa shape index (κ2) is 4.16. The Hall–Kier alpha value is -1.51. The number of rotatable bonds is 3. The predicted molar refractivity (Wildman–Crippen MR) is 50.2 cm³/mol. The van der Waals surface area contributed by atoms with Gasteiger partial charge >= 0.3 is 0 Å². The van der Waals surface area contributed by atoms with Crippen LogP contribution < -0.4 is 5.73 Å². The molecule has 1 amide bonds. The van der Waals surface area contributed by atoms with Gasteiger partial charge in [-0.05, 0) is 0 Å². The van der Waals surface area contributed by atoms with E-state index in [1.54, 1.807) is 0 Å². The highest BCUT2D eigenvalue weighted by atomic mass is 16.5. The maximum Gasteiger partial charge on any atom is 0.288 e. The second-order valence-electron chi connectivity index (χ2n) is 3.55. The maximum atomic E-state index is 10.8. The molecule has 0 bridgehead atoms. The largest absolute Gasteiger partial charge is 0.394 e. The SMILES string of the molecule is NC(=O)c1ncn([C@H]2O[C@@H](CO)C[C@H]2O)n1. The summed E-state index contributed by atoms with van der Waals surface area (Å²) in [5.41, 5.74) is 4.99. The number of aliphatic hydroxyl groups is 2. The Kier molecular flexibility index (Phi) is 2.86. The van der Waals surface area contributed by atoms with Crippen LogP contribution in [0.1, 0.15) is 23.3 Å². The van der Waals surface area contributed by atoms with E-state index >= 15 is 0 Å². The molecule has 2 heterocycles. The van der Waals surface area contributed by atoms with Gasteiger partial charge in [-0.2, -0.15) is 0 Å². The molecule has 88 valence electrons. The van der Waals surface area contributed by atoms with Crippen LogP contribution in [0.2, 0.25) is 0 Å². The third-order valence-electron chi connectivity index (χ3n) is 2.36. The van der Waals surface area contributed by atoms with E-state index in [0.29, 0.717) is 6.42 Å². The molecule has 0 radical (unpaired) electrons. The van der Waals surface area contributed by atoms with Crippen molar-refractivity contribution < 1.29 is 19.7 Å². The molecule has 0 aliphatic carbocycles. The van der Waals surface area contributed by atoms with E-state index in [4.69, 9.17) is 15.6 Å². The first kappa shape index (κ1) is 11.0. The van der Waals surface area contributed by atoms with Crippen molar-refractivity contribution in [1.82, 2.24) is 14.8 Å². The monoisotopic (exact) mass is 228 g/mol. The van der Waals surface area contributed by atoms with Gasteiger partial charge < -0.3 is 20.7 Å². The molecule has 0 unspecified atom stereocenters. The number of amides is 1. The summed E-state index contributed by atoms with van der Waals surface area (Å²) in [6.45, 7) is -0.176. The lowest BCUT2D eigenvalue weighted by molar-refractivity contribution is -0.0572. The Morgan fingerprint density at radius 2 is 2.50 bits per heavy atom. The zero-order valence-corrected chi connectivity index (χ0v) is 8.35. The number of aromatic nitrogens is 3. The molecule has 3 atom stereocenters. The van der Waals surface area contributed by atoms with Gasteiger partial charge in [0, 0.05) is 6.42 Å². The summed E-state index contributed by atoms with van der Waals surface area (Å²) >= 11 is 0. The van der Waals surface area contributed by atoms with E-state index in [0.717, 1.165) is 0 Å². The van der Waals surface area contributed by atoms with Gasteiger partial charge in [0.25, 0.3) is 5.91 Å². The molecule has 1 aliphatic heterocycles. The Bertz CT molecular complexity index is 393. The number of nitrogens with two attached hydrogens (primary N) is 1. The summed E-state index contributed by atoms with van der Waals surface area (Å²) in [5.74, 6) is -0.881. The van der Waals surface area contributed by atoms with Crippen LogP contribution >= 0.6 is 0 Å². The third kappa shape index (κ3) is 1.90. The van der Waals surface area contributed by atoms with Crippen LogP contribution in [0.4, 0.5) is 0 Å². The van der Waals surface area contributed by atoms with E-state index in [1.807, 2.05) is 0 Å². The summed E-state index contributed by atoms with van der Waals surface area (Å²) in [4.78, 5) is 14.4. The topological polar surface area (TPSA) is 123 Å². The molecule has 1 fully saturated rings. The van der Waals surface area contributed by atoms with E-state index in [9.17, 15) is 9.90 Å². The first-order chi connectivity index (χ1) is 7.61. The Labute approximate surface area is 90.6 Å². The molecule has 2 rings (SSSR count). The van der Waals surface area contributed by atoms with E-state index < -0.39 is 24.3 Å². The minimum Gasteiger partial charge on any atom is -0.394 e. The van der Waals surface area contributed by atoms with Gasteiger partial charge in [0.2, 0.25) is 5.82 Å². The number of nitrogens with zero attached hydrogens (tertiary/aromatic N) is 3. The zero-order chi connectivity index (χ0) is 11.7. The fourth-order valence-electron chi connectivity index (χ4n) is 1.60. The highest BCUT2D eigenvalue weighted by molar-refractivity contribution is 5.88. The highest BCUT2D eigenvalue weighted by Gasteiger charge is 2.35. The average Bonchev–Trinajstić information content (AvgIpc) is 2.83. The summed E-state index contributed by atoms with van der Waals surface area (Å²) in [6, 6.07) is 0. The minimum absolute atomic E-state index is 0.136. The normalized spacial score (nSPS) is 29.5. The lowest BCUT2D eigenvalue weighted by Crippen LogP contribution is -2.21. The molecule has 4 N–H and O–H groups in total. The van der Waals surface area contributed by atoms with Crippen LogP contribution in [0.3, 0.4) is 0 Å². The van der Waals surface area contributed by atoms with Gasteiger partial charge in [-0.25, -0.2) is 9.67 Å². The molecule has 0 saturated carbocycles. The van der Waals surface area contributed by atoms with Crippen molar-refractivity contribution in [3.8, 4) is 0 Å². The quantitative estimate of drug-likeness (QED) is 0.550. The number of hydrogen-bond acceptors (Lipinski definition) is 6. The molecule has 1 aliphatic rings. The molecule has 0 spiro atoms. The standard InChI is InChI=1S/C8H12N4O4/c9-6(15)7-10-3-12(11-7)8-5(14)1-4(2-13)16-8/h3-5,8,13-14H,1-2H2,(H2,9,15)/t4-,5-,8+/m1/s1. The van der Waals surface area contributed by atoms with Gasteiger partial charge in [0.05, 0.1) is 12.7 Å². The van der Waals surface area contributed by atoms with E-state index in [1.165, 1.54) is 11.0 Å². The molecular weight excluding hydrogens is 216 g/mol. The molecular formula is C8H12N4O4. The first-order valence-corrected chi connectivity index (χ1v) is 4.77. The number of aliphatic hydroxyl groups excluding tert-OH is 2. The first-order valence-electron chi connectivity index (χ1n) is 4.77. The average molecular weight is 228 g/mol. The number of ether oxygens (including phenoxy) is 1. The second-order valence-corrected chi connectivity index (χ2v) is 3.55.